The summed E-state index contributed by atoms with van der Waals surface area (Å²) in [6.45, 7) is 8.01. The van der Waals surface area contributed by atoms with E-state index in [-0.39, 0.29) is 5.91 Å². The van der Waals surface area contributed by atoms with Gasteiger partial charge in [0.05, 0.1) is 30.3 Å². The van der Waals surface area contributed by atoms with Crippen LogP contribution in [-0.2, 0) is 11.3 Å². The van der Waals surface area contributed by atoms with Crippen LogP contribution in [-0.4, -0.2) is 60.0 Å². The summed E-state index contributed by atoms with van der Waals surface area (Å²) in [5, 5.41) is 8.78. The molecule has 2 aromatic heterocycles. The van der Waals surface area contributed by atoms with E-state index in [1.807, 2.05) is 35.9 Å². The number of rotatable bonds is 7. The minimum absolute atomic E-state index is 0.00818. The van der Waals surface area contributed by atoms with Crippen molar-refractivity contribution in [1.82, 2.24) is 20.0 Å². The van der Waals surface area contributed by atoms with Crippen molar-refractivity contribution < 1.29 is 9.53 Å². The Bertz CT molecular complexity index is 929. The zero-order valence-electron chi connectivity index (χ0n) is 16.2. The van der Waals surface area contributed by atoms with E-state index >= 15 is 0 Å². The first kappa shape index (κ1) is 19.1. The van der Waals surface area contributed by atoms with Gasteiger partial charge >= 0.3 is 0 Å². The molecule has 148 valence electrons. The standard InChI is InChI=1S/C21H26N4O2S/c1-16-18-14-19(20(26)22-8-5-9-24-10-12-27-13-11-24)28-21(18)25(23-16)15-17-6-3-2-4-7-17/h2-4,6-7,14H,5,8-13,15H2,1H3,(H,22,26). The molecule has 1 fully saturated rings. The number of carbonyl (C=O) groups is 1. The molecule has 1 saturated heterocycles. The highest BCUT2D eigenvalue weighted by atomic mass is 32.1. The van der Waals surface area contributed by atoms with Gasteiger partial charge in [0.15, 0.2) is 0 Å². The van der Waals surface area contributed by atoms with Gasteiger partial charge in [-0.25, -0.2) is 0 Å². The second-order valence-corrected chi connectivity index (χ2v) is 8.15. The molecule has 1 N–H and O–H groups in total. The normalized spacial score (nSPS) is 15.2. The average Bonchev–Trinajstić information content (AvgIpc) is 3.28. The zero-order valence-corrected chi connectivity index (χ0v) is 17.0. The Balaban J connectivity index is 1.37. The molecule has 0 saturated carbocycles. The molecule has 0 unspecified atom stereocenters. The lowest BCUT2D eigenvalue weighted by Gasteiger charge is -2.26. The number of nitrogens with zero attached hydrogens (tertiary/aromatic N) is 3. The monoisotopic (exact) mass is 398 g/mol. The van der Waals surface area contributed by atoms with Gasteiger partial charge in [-0.2, -0.15) is 5.10 Å². The van der Waals surface area contributed by atoms with Gasteiger partial charge in [0, 0.05) is 25.0 Å². The van der Waals surface area contributed by atoms with Crippen LogP contribution < -0.4 is 5.32 Å². The molecule has 0 bridgehead atoms. The van der Waals surface area contributed by atoms with Gasteiger partial charge in [-0.05, 0) is 31.5 Å². The van der Waals surface area contributed by atoms with E-state index in [0.717, 1.165) is 60.1 Å². The topological polar surface area (TPSA) is 59.4 Å². The van der Waals surface area contributed by atoms with Crippen molar-refractivity contribution in [3.05, 3.63) is 52.5 Å². The Morgan fingerprint density at radius 3 is 2.82 bits per heavy atom. The zero-order chi connectivity index (χ0) is 19.3. The van der Waals surface area contributed by atoms with Crippen molar-refractivity contribution in [3.63, 3.8) is 0 Å². The highest BCUT2D eigenvalue weighted by Gasteiger charge is 2.16. The van der Waals surface area contributed by atoms with E-state index in [1.165, 1.54) is 16.9 Å². The van der Waals surface area contributed by atoms with Crippen LogP contribution in [0, 0.1) is 6.92 Å². The number of carbonyl (C=O) groups excluding carboxylic acids is 1. The van der Waals surface area contributed by atoms with Gasteiger partial charge in [0.2, 0.25) is 0 Å². The third-order valence-electron chi connectivity index (χ3n) is 5.05. The summed E-state index contributed by atoms with van der Waals surface area (Å²) in [5.74, 6) is 0.00818. The number of morpholine rings is 1. The van der Waals surface area contributed by atoms with Gasteiger partial charge in [-0.15, -0.1) is 11.3 Å². The Hall–Kier alpha value is -2.22. The molecule has 6 nitrogen and oxygen atoms in total. The summed E-state index contributed by atoms with van der Waals surface area (Å²) in [6.07, 6.45) is 0.956. The number of fused-ring (bicyclic) bond motifs is 1. The second-order valence-electron chi connectivity index (χ2n) is 7.12. The fraction of sp³-hybridized carbons (Fsp3) is 0.429. The van der Waals surface area contributed by atoms with Crippen LogP contribution in [0.25, 0.3) is 10.2 Å². The summed E-state index contributed by atoms with van der Waals surface area (Å²) in [4.78, 5) is 16.8. The lowest BCUT2D eigenvalue weighted by Crippen LogP contribution is -2.38. The molecule has 1 aliphatic rings. The number of benzene rings is 1. The molecule has 3 aromatic rings. The van der Waals surface area contributed by atoms with Crippen molar-refractivity contribution in [2.24, 2.45) is 0 Å². The summed E-state index contributed by atoms with van der Waals surface area (Å²) in [6, 6.07) is 12.2. The lowest BCUT2D eigenvalue weighted by molar-refractivity contribution is 0.0374. The van der Waals surface area contributed by atoms with E-state index in [1.54, 1.807) is 0 Å². The highest BCUT2D eigenvalue weighted by molar-refractivity contribution is 7.20. The summed E-state index contributed by atoms with van der Waals surface area (Å²) in [7, 11) is 0. The minimum Gasteiger partial charge on any atom is -0.379 e. The van der Waals surface area contributed by atoms with E-state index in [2.05, 4.69) is 27.4 Å². The lowest BCUT2D eigenvalue weighted by atomic mass is 10.2. The maximum Gasteiger partial charge on any atom is 0.261 e. The number of aromatic nitrogens is 2. The first-order valence-electron chi connectivity index (χ1n) is 9.80. The fourth-order valence-electron chi connectivity index (χ4n) is 3.50. The van der Waals surface area contributed by atoms with Gasteiger partial charge in [0.25, 0.3) is 5.91 Å². The Kier molecular flexibility index (Phi) is 6.04. The maximum absolute atomic E-state index is 12.6. The molecular weight excluding hydrogens is 372 g/mol. The molecular formula is C21H26N4O2S. The van der Waals surface area contributed by atoms with Crippen LogP contribution in [0.1, 0.15) is 27.3 Å². The Labute approximate surface area is 169 Å². The van der Waals surface area contributed by atoms with Gasteiger partial charge in [0.1, 0.15) is 4.83 Å². The largest absolute Gasteiger partial charge is 0.379 e. The number of nitrogens with one attached hydrogen (secondary N) is 1. The quantitative estimate of drug-likeness (QED) is 0.622. The van der Waals surface area contributed by atoms with Crippen LogP contribution in [0.4, 0.5) is 0 Å². The first-order chi connectivity index (χ1) is 13.7. The minimum atomic E-state index is 0.00818. The first-order valence-corrected chi connectivity index (χ1v) is 10.6. The van der Waals surface area contributed by atoms with Gasteiger partial charge in [-0.3, -0.25) is 14.4 Å². The molecule has 7 heteroatoms. The van der Waals surface area contributed by atoms with E-state index in [0.29, 0.717) is 13.1 Å². The van der Waals surface area contributed by atoms with Crippen LogP contribution in [0.2, 0.25) is 0 Å². The van der Waals surface area contributed by atoms with E-state index in [4.69, 9.17) is 4.74 Å². The van der Waals surface area contributed by atoms with Crippen LogP contribution >= 0.6 is 11.3 Å². The number of hydrogen-bond acceptors (Lipinski definition) is 5. The SMILES string of the molecule is Cc1nn(Cc2ccccc2)c2sc(C(=O)NCCCN3CCOCC3)cc12. The molecule has 0 aliphatic carbocycles. The van der Waals surface area contributed by atoms with Crippen molar-refractivity contribution in [1.29, 1.82) is 0 Å². The van der Waals surface area contributed by atoms with Crippen molar-refractivity contribution in [2.75, 3.05) is 39.4 Å². The summed E-state index contributed by atoms with van der Waals surface area (Å²) < 4.78 is 7.36. The third-order valence-corrected chi connectivity index (χ3v) is 6.19. The fourth-order valence-corrected chi connectivity index (χ4v) is 4.58. The van der Waals surface area contributed by atoms with E-state index < -0.39 is 0 Å². The molecule has 1 amide bonds. The predicted octanol–water partition coefficient (Wildman–Crippen LogP) is 2.91. The smallest absolute Gasteiger partial charge is 0.261 e. The van der Waals surface area contributed by atoms with Gasteiger partial charge in [-0.1, -0.05) is 30.3 Å². The summed E-state index contributed by atoms with van der Waals surface area (Å²) >= 11 is 1.52. The highest BCUT2D eigenvalue weighted by Crippen LogP contribution is 2.28. The Morgan fingerprint density at radius 2 is 2.04 bits per heavy atom. The number of ether oxygens (including phenoxy) is 1. The van der Waals surface area contributed by atoms with Gasteiger partial charge < -0.3 is 10.1 Å². The predicted molar refractivity (Wildman–Crippen MR) is 112 cm³/mol. The molecule has 1 aromatic carbocycles. The van der Waals surface area contributed by atoms with Crippen molar-refractivity contribution in [3.8, 4) is 0 Å². The molecule has 0 radical (unpaired) electrons. The number of aryl methyl sites for hydroxylation is 1. The van der Waals surface area contributed by atoms with Crippen LogP contribution in [0.5, 0.6) is 0 Å². The molecule has 28 heavy (non-hydrogen) atoms. The average molecular weight is 399 g/mol. The van der Waals surface area contributed by atoms with Crippen LogP contribution in [0.15, 0.2) is 36.4 Å². The Morgan fingerprint density at radius 1 is 1.25 bits per heavy atom. The van der Waals surface area contributed by atoms with Crippen molar-refractivity contribution in [2.45, 2.75) is 19.9 Å². The number of amides is 1. The maximum atomic E-state index is 12.6. The van der Waals surface area contributed by atoms with Crippen molar-refractivity contribution >= 4 is 27.5 Å². The molecule has 0 atom stereocenters. The molecule has 1 aliphatic heterocycles. The number of thiophene rings is 1. The second kappa shape index (κ2) is 8.86. The molecule has 4 rings (SSSR count). The summed E-state index contributed by atoms with van der Waals surface area (Å²) in [5.41, 5.74) is 2.17. The molecule has 3 heterocycles. The third kappa shape index (κ3) is 4.43. The molecule has 0 spiro atoms. The van der Waals surface area contributed by atoms with Crippen LogP contribution in [0.3, 0.4) is 0 Å². The van der Waals surface area contributed by atoms with E-state index in [9.17, 15) is 4.79 Å². The number of hydrogen-bond donors (Lipinski definition) is 1.